The molecule has 0 spiro atoms. The molecular formula is C21H29N3O3. The predicted octanol–water partition coefficient (Wildman–Crippen LogP) is 2.33. The van der Waals surface area contributed by atoms with E-state index in [-0.39, 0.29) is 11.9 Å². The van der Waals surface area contributed by atoms with Crippen LogP contribution in [-0.2, 0) is 16.1 Å². The van der Waals surface area contributed by atoms with Crippen LogP contribution in [0.2, 0.25) is 0 Å². The molecule has 2 aliphatic rings. The molecule has 1 saturated heterocycles. The van der Waals surface area contributed by atoms with Crippen molar-refractivity contribution < 1.29 is 14.4 Å². The maximum absolute atomic E-state index is 12.5. The molecule has 6 nitrogen and oxygen atoms in total. The summed E-state index contributed by atoms with van der Waals surface area (Å²) in [5.74, 6) is -0.905. The standard InChI is InChI=1S/C21H29N3O3/c1-2-23-13-14-24(21(27)20(23)26)15-16-9-11-17(12-10-16)19(25)22-18-7-5-3-4-6-8-18/h9-12,18H,2-8,13-15H2,1H3,(H,22,25). The lowest BCUT2D eigenvalue weighted by Gasteiger charge is -2.33. The van der Waals surface area contributed by atoms with Crippen molar-refractivity contribution in [2.45, 2.75) is 58.0 Å². The third-order valence-electron chi connectivity index (χ3n) is 5.56. The second-order valence-electron chi connectivity index (χ2n) is 7.47. The first-order chi connectivity index (χ1) is 13.1. The van der Waals surface area contributed by atoms with Crippen LogP contribution in [0.4, 0.5) is 0 Å². The lowest BCUT2D eigenvalue weighted by Crippen LogP contribution is -2.53. The number of likely N-dealkylation sites (N-methyl/N-ethyl adjacent to an activating group) is 1. The highest BCUT2D eigenvalue weighted by Gasteiger charge is 2.31. The van der Waals surface area contributed by atoms with E-state index in [2.05, 4.69) is 5.32 Å². The molecule has 3 rings (SSSR count). The molecule has 1 N–H and O–H groups in total. The van der Waals surface area contributed by atoms with E-state index in [9.17, 15) is 14.4 Å². The Kier molecular flexibility index (Phi) is 6.48. The van der Waals surface area contributed by atoms with E-state index in [0.717, 1.165) is 18.4 Å². The minimum atomic E-state index is -0.446. The summed E-state index contributed by atoms with van der Waals surface area (Å²) in [5.41, 5.74) is 1.56. The molecule has 6 heteroatoms. The summed E-state index contributed by atoms with van der Waals surface area (Å²) in [5, 5.41) is 3.15. The molecular weight excluding hydrogens is 342 g/mol. The zero-order valence-electron chi connectivity index (χ0n) is 16.1. The van der Waals surface area contributed by atoms with Gasteiger partial charge in [-0.2, -0.15) is 0 Å². The number of amides is 3. The van der Waals surface area contributed by atoms with Crippen LogP contribution >= 0.6 is 0 Å². The molecule has 27 heavy (non-hydrogen) atoms. The van der Waals surface area contributed by atoms with E-state index < -0.39 is 11.8 Å². The largest absolute Gasteiger partial charge is 0.349 e. The minimum Gasteiger partial charge on any atom is -0.349 e. The summed E-state index contributed by atoms with van der Waals surface area (Å²) < 4.78 is 0. The molecule has 146 valence electrons. The first-order valence-corrected chi connectivity index (χ1v) is 10.1. The van der Waals surface area contributed by atoms with Crippen molar-refractivity contribution in [3.05, 3.63) is 35.4 Å². The molecule has 0 unspecified atom stereocenters. The molecule has 1 aromatic carbocycles. The maximum atomic E-state index is 12.5. The van der Waals surface area contributed by atoms with E-state index in [0.29, 0.717) is 31.7 Å². The summed E-state index contributed by atoms with van der Waals surface area (Å²) >= 11 is 0. The second-order valence-corrected chi connectivity index (χ2v) is 7.47. The number of hydrogen-bond donors (Lipinski definition) is 1. The van der Waals surface area contributed by atoms with Crippen LogP contribution in [0, 0.1) is 0 Å². The molecule has 0 aromatic heterocycles. The molecule has 0 atom stereocenters. The topological polar surface area (TPSA) is 69.7 Å². The first-order valence-electron chi connectivity index (χ1n) is 10.1. The quantitative estimate of drug-likeness (QED) is 0.638. The average Bonchev–Trinajstić information content (AvgIpc) is 2.95. The number of piperazine rings is 1. The Bertz CT molecular complexity index is 678. The second kappa shape index (κ2) is 9.02. The van der Waals surface area contributed by atoms with Gasteiger partial charge < -0.3 is 15.1 Å². The normalized spacial score (nSPS) is 19.1. The van der Waals surface area contributed by atoms with Gasteiger partial charge in [-0.25, -0.2) is 0 Å². The van der Waals surface area contributed by atoms with Crippen LogP contribution in [0.25, 0.3) is 0 Å². The SMILES string of the molecule is CCN1CCN(Cc2ccc(C(=O)NC3CCCCCC3)cc2)C(=O)C1=O. The lowest BCUT2D eigenvalue weighted by atomic mass is 10.1. The van der Waals surface area contributed by atoms with E-state index in [1.807, 2.05) is 19.1 Å². The highest BCUT2D eigenvalue weighted by atomic mass is 16.2. The van der Waals surface area contributed by atoms with Gasteiger partial charge in [0.05, 0.1) is 0 Å². The van der Waals surface area contributed by atoms with Gasteiger partial charge in [-0.1, -0.05) is 37.8 Å². The molecule has 1 aliphatic carbocycles. The summed E-state index contributed by atoms with van der Waals surface area (Å²) in [7, 11) is 0. The number of carbonyl (C=O) groups excluding carboxylic acids is 3. The molecule has 2 fully saturated rings. The molecule has 1 saturated carbocycles. The van der Waals surface area contributed by atoms with E-state index in [1.54, 1.807) is 21.9 Å². The van der Waals surface area contributed by atoms with Gasteiger partial charge in [0.15, 0.2) is 0 Å². The molecule has 1 aliphatic heterocycles. The van der Waals surface area contributed by atoms with E-state index in [1.165, 1.54) is 25.7 Å². The van der Waals surface area contributed by atoms with Gasteiger partial charge in [0.2, 0.25) is 0 Å². The third-order valence-corrected chi connectivity index (χ3v) is 5.56. The summed E-state index contributed by atoms with van der Waals surface area (Å²) in [6.07, 6.45) is 7.00. The Balaban J connectivity index is 1.56. The van der Waals surface area contributed by atoms with Crippen molar-refractivity contribution in [3.63, 3.8) is 0 Å². The monoisotopic (exact) mass is 371 g/mol. The number of nitrogens with zero attached hydrogens (tertiary/aromatic N) is 2. The molecule has 3 amide bonds. The number of benzene rings is 1. The van der Waals surface area contributed by atoms with E-state index >= 15 is 0 Å². The maximum Gasteiger partial charge on any atom is 0.312 e. The fourth-order valence-electron chi connectivity index (χ4n) is 3.84. The fraction of sp³-hybridized carbons (Fsp3) is 0.571. The summed E-state index contributed by atoms with van der Waals surface area (Å²) in [4.78, 5) is 39.8. The summed E-state index contributed by atoms with van der Waals surface area (Å²) in [6.45, 7) is 3.95. The van der Waals surface area contributed by atoms with Gasteiger partial charge in [0.25, 0.3) is 5.91 Å². The lowest BCUT2D eigenvalue weighted by molar-refractivity contribution is -0.156. The highest BCUT2D eigenvalue weighted by molar-refractivity contribution is 6.35. The molecule has 1 aromatic rings. The van der Waals surface area contributed by atoms with Crippen molar-refractivity contribution in [2.75, 3.05) is 19.6 Å². The van der Waals surface area contributed by atoms with Gasteiger partial charge in [-0.05, 0) is 37.5 Å². The van der Waals surface area contributed by atoms with Gasteiger partial charge in [0, 0.05) is 37.8 Å². The van der Waals surface area contributed by atoms with Crippen molar-refractivity contribution in [1.29, 1.82) is 0 Å². The van der Waals surface area contributed by atoms with Crippen LogP contribution < -0.4 is 5.32 Å². The van der Waals surface area contributed by atoms with Crippen LogP contribution in [0.3, 0.4) is 0 Å². The number of carbonyl (C=O) groups is 3. The molecule has 0 radical (unpaired) electrons. The van der Waals surface area contributed by atoms with Crippen molar-refractivity contribution in [1.82, 2.24) is 15.1 Å². The van der Waals surface area contributed by atoms with Gasteiger partial charge in [0.1, 0.15) is 0 Å². The predicted molar refractivity (Wildman–Crippen MR) is 103 cm³/mol. The molecule has 1 heterocycles. The smallest absolute Gasteiger partial charge is 0.312 e. The zero-order valence-corrected chi connectivity index (χ0v) is 16.1. The molecule has 0 bridgehead atoms. The van der Waals surface area contributed by atoms with Crippen molar-refractivity contribution in [3.8, 4) is 0 Å². The Morgan fingerprint density at radius 3 is 2.19 bits per heavy atom. The Morgan fingerprint density at radius 1 is 0.963 bits per heavy atom. The highest BCUT2D eigenvalue weighted by Crippen LogP contribution is 2.18. The van der Waals surface area contributed by atoms with Crippen molar-refractivity contribution >= 4 is 17.7 Å². The number of hydrogen-bond acceptors (Lipinski definition) is 3. The summed E-state index contributed by atoms with van der Waals surface area (Å²) in [6, 6.07) is 7.61. The van der Waals surface area contributed by atoms with E-state index in [4.69, 9.17) is 0 Å². The average molecular weight is 371 g/mol. The Labute approximate surface area is 160 Å². The van der Waals surface area contributed by atoms with Gasteiger partial charge >= 0.3 is 11.8 Å². The van der Waals surface area contributed by atoms with Gasteiger partial charge in [-0.15, -0.1) is 0 Å². The van der Waals surface area contributed by atoms with Gasteiger partial charge in [-0.3, -0.25) is 14.4 Å². The van der Waals surface area contributed by atoms with Crippen LogP contribution in [0.1, 0.15) is 61.4 Å². The Hall–Kier alpha value is -2.37. The zero-order chi connectivity index (χ0) is 19.2. The first kappa shape index (κ1) is 19.4. The van der Waals surface area contributed by atoms with Crippen LogP contribution in [-0.4, -0.2) is 53.2 Å². The third kappa shape index (κ3) is 4.87. The number of rotatable bonds is 5. The van der Waals surface area contributed by atoms with Crippen LogP contribution in [0.5, 0.6) is 0 Å². The Morgan fingerprint density at radius 2 is 1.56 bits per heavy atom. The number of nitrogens with one attached hydrogen (secondary N) is 1. The van der Waals surface area contributed by atoms with Crippen molar-refractivity contribution in [2.24, 2.45) is 0 Å². The minimum absolute atomic E-state index is 0.0312. The van der Waals surface area contributed by atoms with Crippen LogP contribution in [0.15, 0.2) is 24.3 Å². The fourth-order valence-corrected chi connectivity index (χ4v) is 3.84.